The summed E-state index contributed by atoms with van der Waals surface area (Å²) >= 11 is 0. The Hall–Kier alpha value is -2.48. The summed E-state index contributed by atoms with van der Waals surface area (Å²) < 4.78 is 2.29. The van der Waals surface area contributed by atoms with E-state index in [0.29, 0.717) is 12.0 Å². The molecule has 2 aromatic carbocycles. The molecule has 0 saturated heterocycles. The number of rotatable bonds is 2. The number of H-pyrrole nitrogens is 1. The molecule has 0 aliphatic rings. The predicted octanol–water partition coefficient (Wildman–Crippen LogP) is 6.51. The maximum atomic E-state index is 3.40. The molecule has 0 radical (unpaired) electrons. The van der Waals surface area contributed by atoms with Crippen LogP contribution in [0.15, 0.2) is 66.9 Å². The third kappa shape index (κ3) is 3.38. The highest BCUT2D eigenvalue weighted by molar-refractivity contribution is 5.80. The summed E-state index contributed by atoms with van der Waals surface area (Å²) in [5.41, 5.74) is 3.88. The van der Waals surface area contributed by atoms with E-state index in [0.717, 1.165) is 0 Å². The number of benzene rings is 2. The van der Waals surface area contributed by atoms with Gasteiger partial charge >= 0.3 is 0 Å². The fourth-order valence-corrected chi connectivity index (χ4v) is 2.96. The summed E-state index contributed by atoms with van der Waals surface area (Å²) in [6.45, 7) is 8.80. The first-order valence-corrected chi connectivity index (χ1v) is 8.69. The average molecular weight is 318 g/mol. The minimum absolute atomic E-state index is 0.546. The molecule has 0 aliphatic carbocycles. The molecule has 0 saturated carbocycles. The molecule has 2 nitrogen and oxygen atoms in total. The van der Waals surface area contributed by atoms with Crippen LogP contribution >= 0.6 is 0 Å². The molecular formula is C22H26N2. The molecule has 0 bridgehead atoms. The van der Waals surface area contributed by atoms with Crippen LogP contribution in [-0.2, 0) is 0 Å². The van der Waals surface area contributed by atoms with Crippen molar-refractivity contribution < 1.29 is 0 Å². The van der Waals surface area contributed by atoms with Gasteiger partial charge in [0.2, 0.25) is 0 Å². The van der Waals surface area contributed by atoms with E-state index in [2.05, 4.69) is 104 Å². The van der Waals surface area contributed by atoms with Gasteiger partial charge in [-0.2, -0.15) is 0 Å². The Morgan fingerprint density at radius 2 is 1.46 bits per heavy atom. The third-order valence-electron chi connectivity index (χ3n) is 4.36. The van der Waals surface area contributed by atoms with Crippen LogP contribution in [0.2, 0.25) is 0 Å². The molecule has 0 spiro atoms. The Labute approximate surface area is 144 Å². The van der Waals surface area contributed by atoms with E-state index in [-0.39, 0.29) is 0 Å². The zero-order valence-electron chi connectivity index (χ0n) is 15.0. The van der Waals surface area contributed by atoms with Crippen molar-refractivity contribution in [3.05, 3.63) is 72.6 Å². The van der Waals surface area contributed by atoms with Gasteiger partial charge < -0.3 is 9.55 Å². The quantitative estimate of drug-likeness (QED) is 0.435. The van der Waals surface area contributed by atoms with Crippen molar-refractivity contribution in [3.8, 4) is 0 Å². The Kier molecular flexibility index (Phi) is 4.75. The van der Waals surface area contributed by atoms with Gasteiger partial charge in [0.25, 0.3) is 0 Å². The number of hydrogen-bond acceptors (Lipinski definition) is 0. The fraction of sp³-hybridized carbons (Fsp3) is 0.273. The number of para-hydroxylation sites is 2. The molecule has 0 unspecified atom stereocenters. The first-order chi connectivity index (χ1) is 11.6. The van der Waals surface area contributed by atoms with Crippen molar-refractivity contribution in [2.75, 3.05) is 0 Å². The van der Waals surface area contributed by atoms with Gasteiger partial charge in [0, 0.05) is 29.0 Å². The Morgan fingerprint density at radius 3 is 2.12 bits per heavy atom. The molecule has 4 aromatic rings. The first kappa shape index (κ1) is 16.4. The molecule has 24 heavy (non-hydrogen) atoms. The summed E-state index contributed by atoms with van der Waals surface area (Å²) in [4.78, 5) is 3.40. The Balaban J connectivity index is 0.000000141. The number of hydrogen-bond donors (Lipinski definition) is 1. The molecule has 0 aliphatic heterocycles. The van der Waals surface area contributed by atoms with E-state index in [4.69, 9.17) is 0 Å². The Bertz CT molecular complexity index is 884. The third-order valence-corrected chi connectivity index (χ3v) is 4.36. The number of fused-ring (bicyclic) bond motifs is 2. The van der Waals surface area contributed by atoms with Gasteiger partial charge in [0.1, 0.15) is 0 Å². The number of nitrogens with one attached hydrogen (secondary N) is 1. The van der Waals surface area contributed by atoms with E-state index < -0.39 is 0 Å². The smallest absolute Gasteiger partial charge is 0.0482 e. The van der Waals surface area contributed by atoms with Gasteiger partial charge in [-0.25, -0.2) is 0 Å². The second kappa shape index (κ2) is 6.96. The van der Waals surface area contributed by atoms with Crippen LogP contribution in [0.5, 0.6) is 0 Å². The number of aromatic nitrogens is 2. The van der Waals surface area contributed by atoms with E-state index in [1.165, 1.54) is 27.5 Å². The average Bonchev–Trinajstić information content (AvgIpc) is 3.19. The van der Waals surface area contributed by atoms with Crippen molar-refractivity contribution >= 4 is 21.8 Å². The summed E-state index contributed by atoms with van der Waals surface area (Å²) in [6, 6.07) is 21.8. The minimum Gasteiger partial charge on any atom is -0.358 e. The minimum atomic E-state index is 0.546. The van der Waals surface area contributed by atoms with E-state index in [1.807, 2.05) is 0 Å². The van der Waals surface area contributed by atoms with Gasteiger partial charge in [-0.15, -0.1) is 0 Å². The molecular weight excluding hydrogens is 292 g/mol. The summed E-state index contributed by atoms with van der Waals surface area (Å²) in [6.07, 6.45) is 2.15. The maximum Gasteiger partial charge on any atom is 0.0482 e. The lowest BCUT2D eigenvalue weighted by Crippen LogP contribution is -1.97. The van der Waals surface area contributed by atoms with Crippen LogP contribution < -0.4 is 0 Å². The lowest BCUT2D eigenvalue weighted by molar-refractivity contribution is 0.623. The van der Waals surface area contributed by atoms with Gasteiger partial charge in [-0.05, 0) is 54.8 Å². The van der Waals surface area contributed by atoms with E-state index >= 15 is 0 Å². The molecule has 2 heterocycles. The van der Waals surface area contributed by atoms with Crippen LogP contribution in [0.4, 0.5) is 0 Å². The largest absolute Gasteiger partial charge is 0.358 e. The Morgan fingerprint density at radius 1 is 0.792 bits per heavy atom. The van der Waals surface area contributed by atoms with Gasteiger partial charge in [-0.1, -0.05) is 50.2 Å². The summed E-state index contributed by atoms with van der Waals surface area (Å²) in [5, 5.41) is 2.63. The fourth-order valence-electron chi connectivity index (χ4n) is 2.96. The topological polar surface area (TPSA) is 20.7 Å². The van der Waals surface area contributed by atoms with Crippen molar-refractivity contribution in [2.45, 2.75) is 39.7 Å². The molecule has 0 amide bonds. The summed E-state index contributed by atoms with van der Waals surface area (Å²) in [5.74, 6) is 0.581. The van der Waals surface area contributed by atoms with Crippen molar-refractivity contribution in [2.24, 2.45) is 0 Å². The monoisotopic (exact) mass is 318 g/mol. The highest BCUT2D eigenvalue weighted by atomic mass is 15.0. The van der Waals surface area contributed by atoms with Crippen LogP contribution in [0, 0.1) is 0 Å². The van der Waals surface area contributed by atoms with E-state index in [1.54, 1.807) is 0 Å². The van der Waals surface area contributed by atoms with Crippen molar-refractivity contribution in [1.82, 2.24) is 9.55 Å². The second-order valence-electron chi connectivity index (χ2n) is 6.84. The van der Waals surface area contributed by atoms with Crippen molar-refractivity contribution in [1.29, 1.82) is 0 Å². The number of nitrogens with zero attached hydrogens (tertiary/aromatic N) is 1. The summed E-state index contributed by atoms with van der Waals surface area (Å²) in [7, 11) is 0. The van der Waals surface area contributed by atoms with Crippen LogP contribution in [-0.4, -0.2) is 9.55 Å². The maximum absolute atomic E-state index is 3.40. The molecule has 2 aromatic heterocycles. The highest BCUT2D eigenvalue weighted by Gasteiger charge is 2.02. The molecule has 124 valence electrons. The molecule has 0 atom stereocenters. The van der Waals surface area contributed by atoms with Gasteiger partial charge in [0.15, 0.2) is 0 Å². The molecule has 2 heteroatoms. The van der Waals surface area contributed by atoms with Gasteiger partial charge in [-0.3, -0.25) is 0 Å². The SMILES string of the molecule is CC(C)c1cc2ccccc2[nH]1.CC(C)n1ccc2ccccc21. The molecule has 4 rings (SSSR count). The van der Waals surface area contributed by atoms with Crippen molar-refractivity contribution in [3.63, 3.8) is 0 Å². The lowest BCUT2D eigenvalue weighted by atomic mass is 10.1. The standard InChI is InChI=1S/2C11H13N/c1-9(2)12-8-7-10-5-3-4-6-11(10)12;1-8(2)11-7-9-5-3-4-6-10(9)12-11/h3-9H,1-2H3;3-8,12H,1-2H3. The van der Waals surface area contributed by atoms with Crippen LogP contribution in [0.25, 0.3) is 21.8 Å². The number of aromatic amines is 1. The lowest BCUT2D eigenvalue weighted by Gasteiger charge is -2.08. The zero-order chi connectivity index (χ0) is 17.1. The zero-order valence-corrected chi connectivity index (χ0v) is 15.0. The molecule has 0 fully saturated rings. The van der Waals surface area contributed by atoms with Crippen LogP contribution in [0.1, 0.15) is 45.3 Å². The highest BCUT2D eigenvalue weighted by Crippen LogP contribution is 2.20. The first-order valence-electron chi connectivity index (χ1n) is 8.69. The van der Waals surface area contributed by atoms with E-state index in [9.17, 15) is 0 Å². The van der Waals surface area contributed by atoms with Crippen LogP contribution in [0.3, 0.4) is 0 Å². The van der Waals surface area contributed by atoms with Gasteiger partial charge in [0.05, 0.1) is 0 Å². The molecule has 1 N–H and O–H groups in total. The normalized spacial score (nSPS) is 11.2. The second-order valence-corrected chi connectivity index (χ2v) is 6.84. The predicted molar refractivity (Wildman–Crippen MR) is 105 cm³/mol.